The number of aromatic hydroxyl groups is 1. The first-order valence-electron chi connectivity index (χ1n) is 7.73. The number of H-pyrrole nitrogens is 1. The first kappa shape index (κ1) is 17.2. The number of nitrogens with two attached hydrogens (primary N) is 1. The predicted molar refractivity (Wildman–Crippen MR) is 97.0 cm³/mol. The second-order valence-electron chi connectivity index (χ2n) is 5.78. The van der Waals surface area contributed by atoms with Gasteiger partial charge in [-0.2, -0.15) is 10.1 Å². The number of para-hydroxylation sites is 1. The molecule has 1 aromatic carbocycles. The zero-order valence-corrected chi connectivity index (χ0v) is 14.1. The standard InChI is InChI=1S/C18H16N4O4/c1-9-12(16(24)20-17(25)14(9)15(19)23)8-13-10(2)21-22(18(13)26)11-6-4-3-5-7-11/h3-8H,1-2H3,(H2,19,23)(H2,20,24,25). The van der Waals surface area contributed by atoms with Gasteiger partial charge in [-0.3, -0.25) is 19.4 Å². The molecule has 0 fully saturated rings. The van der Waals surface area contributed by atoms with E-state index in [9.17, 15) is 19.5 Å². The number of carbonyl (C=O) groups is 2. The maximum atomic E-state index is 12.7. The van der Waals surface area contributed by atoms with E-state index in [1.54, 1.807) is 31.2 Å². The highest BCUT2D eigenvalue weighted by Crippen LogP contribution is 2.26. The molecule has 8 heteroatoms. The number of amides is 2. The Morgan fingerprint density at radius 1 is 1.23 bits per heavy atom. The maximum Gasteiger partial charge on any atom is 0.280 e. The van der Waals surface area contributed by atoms with Gasteiger partial charge < -0.3 is 10.8 Å². The van der Waals surface area contributed by atoms with E-state index in [2.05, 4.69) is 10.1 Å². The van der Waals surface area contributed by atoms with Crippen LogP contribution >= 0.6 is 0 Å². The molecule has 0 bridgehead atoms. The van der Waals surface area contributed by atoms with Gasteiger partial charge in [0.05, 0.1) is 17.0 Å². The Hall–Kier alpha value is -3.68. The Bertz CT molecular complexity index is 1040. The van der Waals surface area contributed by atoms with E-state index in [0.29, 0.717) is 11.4 Å². The van der Waals surface area contributed by atoms with Crippen LogP contribution in [0.3, 0.4) is 0 Å². The molecule has 2 amide bonds. The van der Waals surface area contributed by atoms with Gasteiger partial charge in [0.25, 0.3) is 17.4 Å². The number of nitrogens with one attached hydrogen (secondary N) is 1. The summed E-state index contributed by atoms with van der Waals surface area (Å²) in [5, 5.41) is 15.2. The molecule has 1 aromatic heterocycles. The Balaban J connectivity index is 2.11. The molecule has 0 aliphatic carbocycles. The number of aromatic nitrogens is 1. The highest BCUT2D eigenvalue weighted by atomic mass is 16.3. The first-order valence-corrected chi connectivity index (χ1v) is 7.73. The van der Waals surface area contributed by atoms with Crippen LogP contribution in [0.2, 0.25) is 0 Å². The van der Waals surface area contributed by atoms with E-state index in [1.807, 2.05) is 6.07 Å². The third-order valence-electron chi connectivity index (χ3n) is 4.09. The minimum Gasteiger partial charge on any atom is -0.494 e. The van der Waals surface area contributed by atoms with Crippen LogP contribution in [-0.2, 0) is 4.79 Å². The van der Waals surface area contributed by atoms with Crippen molar-refractivity contribution in [2.45, 2.75) is 13.8 Å². The van der Waals surface area contributed by atoms with Crippen molar-refractivity contribution < 1.29 is 14.7 Å². The highest BCUT2D eigenvalue weighted by Gasteiger charge is 2.29. The van der Waals surface area contributed by atoms with Crippen LogP contribution in [0.1, 0.15) is 28.4 Å². The van der Waals surface area contributed by atoms with E-state index < -0.39 is 23.3 Å². The fraction of sp³-hybridized carbons (Fsp3) is 0.111. The van der Waals surface area contributed by atoms with Gasteiger partial charge >= 0.3 is 0 Å². The lowest BCUT2D eigenvalue weighted by Crippen LogP contribution is -2.23. The molecule has 8 nitrogen and oxygen atoms in total. The highest BCUT2D eigenvalue weighted by molar-refractivity contribution is 6.32. The van der Waals surface area contributed by atoms with Crippen molar-refractivity contribution in [2.75, 3.05) is 5.01 Å². The number of nitrogens with zero attached hydrogens (tertiary/aromatic N) is 2. The number of pyridine rings is 1. The van der Waals surface area contributed by atoms with Gasteiger partial charge in [-0.15, -0.1) is 0 Å². The van der Waals surface area contributed by atoms with Crippen molar-refractivity contribution in [3.05, 3.63) is 62.9 Å². The quantitative estimate of drug-likeness (QED) is 0.719. The Kier molecular flexibility index (Phi) is 4.17. The molecule has 0 radical (unpaired) electrons. The molecular weight excluding hydrogens is 336 g/mol. The van der Waals surface area contributed by atoms with Crippen molar-refractivity contribution >= 4 is 29.3 Å². The average molecular weight is 352 g/mol. The average Bonchev–Trinajstić information content (AvgIpc) is 2.86. The SMILES string of the molecule is CC1=NN(c2ccccc2)C(=O)C1=Cc1c(C)c(C(N)=O)c(O)[nH]c1=O. The van der Waals surface area contributed by atoms with Gasteiger partial charge in [-0.05, 0) is 37.6 Å². The van der Waals surface area contributed by atoms with Crippen molar-refractivity contribution in [3.8, 4) is 5.88 Å². The largest absolute Gasteiger partial charge is 0.494 e. The van der Waals surface area contributed by atoms with E-state index in [1.165, 1.54) is 18.0 Å². The second kappa shape index (κ2) is 6.32. The van der Waals surface area contributed by atoms with E-state index in [0.717, 1.165) is 0 Å². The topological polar surface area (TPSA) is 129 Å². The molecular formula is C18H16N4O4. The summed E-state index contributed by atoms with van der Waals surface area (Å²) in [6, 6.07) is 8.86. The summed E-state index contributed by atoms with van der Waals surface area (Å²) in [6.07, 6.45) is 1.35. The minimum absolute atomic E-state index is 0.0596. The molecule has 3 rings (SSSR count). The van der Waals surface area contributed by atoms with Gasteiger partial charge in [-0.1, -0.05) is 18.2 Å². The number of hydrazone groups is 1. The lowest BCUT2D eigenvalue weighted by molar-refractivity contribution is -0.114. The van der Waals surface area contributed by atoms with Crippen LogP contribution in [0.4, 0.5) is 5.69 Å². The lowest BCUT2D eigenvalue weighted by atomic mass is 10.0. The number of carbonyl (C=O) groups excluding carboxylic acids is 2. The summed E-state index contributed by atoms with van der Waals surface area (Å²) in [5.74, 6) is -1.89. The van der Waals surface area contributed by atoms with Gasteiger partial charge in [0, 0.05) is 5.56 Å². The summed E-state index contributed by atoms with van der Waals surface area (Å²) < 4.78 is 0. The van der Waals surface area contributed by atoms with Crippen LogP contribution in [0, 0.1) is 6.92 Å². The molecule has 4 N–H and O–H groups in total. The number of hydrogen-bond donors (Lipinski definition) is 3. The van der Waals surface area contributed by atoms with Crippen LogP contribution in [-0.4, -0.2) is 27.6 Å². The summed E-state index contributed by atoms with van der Waals surface area (Å²) in [6.45, 7) is 3.12. The maximum absolute atomic E-state index is 12.7. The van der Waals surface area contributed by atoms with Crippen molar-refractivity contribution in [2.24, 2.45) is 10.8 Å². The van der Waals surface area contributed by atoms with Crippen molar-refractivity contribution in [3.63, 3.8) is 0 Å². The van der Waals surface area contributed by atoms with Crippen molar-refractivity contribution in [1.82, 2.24) is 4.98 Å². The Labute approximate surface area is 148 Å². The van der Waals surface area contributed by atoms with Gasteiger partial charge in [0.2, 0.25) is 5.88 Å². The van der Waals surface area contributed by atoms with Crippen LogP contribution in [0.25, 0.3) is 6.08 Å². The van der Waals surface area contributed by atoms with Crippen LogP contribution in [0.5, 0.6) is 5.88 Å². The third-order valence-corrected chi connectivity index (χ3v) is 4.09. The zero-order chi connectivity index (χ0) is 19.0. The third kappa shape index (κ3) is 2.77. The lowest BCUT2D eigenvalue weighted by Gasteiger charge is -2.11. The first-order chi connectivity index (χ1) is 12.3. The van der Waals surface area contributed by atoms with Gasteiger partial charge in [0.15, 0.2) is 0 Å². The fourth-order valence-corrected chi connectivity index (χ4v) is 2.77. The number of hydrogen-bond acceptors (Lipinski definition) is 5. The van der Waals surface area contributed by atoms with Gasteiger partial charge in [0.1, 0.15) is 5.56 Å². The molecule has 0 saturated carbocycles. The molecule has 1 aliphatic rings. The minimum atomic E-state index is -0.884. The Morgan fingerprint density at radius 3 is 2.50 bits per heavy atom. The Morgan fingerprint density at radius 2 is 1.88 bits per heavy atom. The predicted octanol–water partition coefficient (Wildman–Crippen LogP) is 1.29. The van der Waals surface area contributed by atoms with Crippen LogP contribution < -0.4 is 16.3 Å². The van der Waals surface area contributed by atoms with E-state index >= 15 is 0 Å². The number of aromatic amines is 1. The summed E-state index contributed by atoms with van der Waals surface area (Å²) >= 11 is 0. The number of anilines is 1. The summed E-state index contributed by atoms with van der Waals surface area (Å²) in [5.41, 5.74) is 5.89. The van der Waals surface area contributed by atoms with Crippen LogP contribution in [0.15, 0.2) is 45.8 Å². The van der Waals surface area contributed by atoms with Gasteiger partial charge in [-0.25, -0.2) is 0 Å². The number of rotatable bonds is 3. The molecule has 2 heterocycles. The normalized spacial score (nSPS) is 15.5. The van der Waals surface area contributed by atoms with E-state index in [-0.39, 0.29) is 22.3 Å². The summed E-state index contributed by atoms with van der Waals surface area (Å²) in [4.78, 5) is 38.6. The molecule has 26 heavy (non-hydrogen) atoms. The molecule has 2 aromatic rings. The van der Waals surface area contributed by atoms with Crippen molar-refractivity contribution in [1.29, 1.82) is 0 Å². The summed E-state index contributed by atoms with van der Waals surface area (Å²) in [7, 11) is 0. The smallest absolute Gasteiger partial charge is 0.280 e. The number of benzene rings is 1. The molecule has 0 unspecified atom stereocenters. The molecule has 0 spiro atoms. The molecule has 0 atom stereocenters. The zero-order valence-electron chi connectivity index (χ0n) is 14.1. The number of primary amides is 1. The molecule has 132 valence electrons. The second-order valence-corrected chi connectivity index (χ2v) is 5.78. The monoisotopic (exact) mass is 352 g/mol. The molecule has 0 saturated heterocycles. The fourth-order valence-electron chi connectivity index (χ4n) is 2.77. The van der Waals surface area contributed by atoms with E-state index in [4.69, 9.17) is 5.73 Å². The molecule has 1 aliphatic heterocycles.